The lowest BCUT2D eigenvalue weighted by Gasteiger charge is -2.10. The summed E-state index contributed by atoms with van der Waals surface area (Å²) in [6, 6.07) is 19.2. The standard InChI is InChI=1S/C20H20F3N3.C8H9NO4S/c1-13-19(16-4-3-5-17(12-16)20(21,22)23)14(2)26(25-13)18-8-6-15(7-9-18)10-11-24;1-6-2-4-7(5-3-6)14(12,13)9-8(10)11/h3-9,12H,10-11,24H2,1-2H3;2-5,9H,1H3,(H,10,11). The van der Waals surface area contributed by atoms with Gasteiger partial charge >= 0.3 is 6.18 Å². The van der Waals surface area contributed by atoms with Crippen LogP contribution >= 0.6 is 0 Å². The third kappa shape index (κ3) is 7.48. The summed E-state index contributed by atoms with van der Waals surface area (Å²) in [5, 5.41) is 14.6. The maximum absolute atomic E-state index is 13.0. The number of nitrogens with one attached hydrogen (secondary N) is 1. The molecule has 1 aromatic heterocycles. The fourth-order valence-corrected chi connectivity index (χ4v) is 4.89. The number of carbonyl (C=O) groups excluding carboxylic acids is 1. The van der Waals surface area contributed by atoms with Crippen molar-refractivity contribution in [1.29, 1.82) is 0 Å². The molecule has 0 aliphatic carbocycles. The smallest absolute Gasteiger partial charge is 0.416 e. The Kier molecular flexibility index (Phi) is 9.38. The number of hydrogen-bond acceptors (Lipinski definition) is 5. The van der Waals surface area contributed by atoms with Crippen LogP contribution in [0.4, 0.5) is 18.0 Å². The molecule has 40 heavy (non-hydrogen) atoms. The zero-order valence-electron chi connectivity index (χ0n) is 22.1. The van der Waals surface area contributed by atoms with Crippen LogP contribution in [0.3, 0.4) is 0 Å². The maximum atomic E-state index is 13.0. The molecule has 0 unspecified atom stereocenters. The van der Waals surface area contributed by atoms with E-state index in [0.717, 1.165) is 41.5 Å². The van der Waals surface area contributed by atoms with E-state index < -0.39 is 27.9 Å². The molecule has 8 nitrogen and oxygen atoms in total. The topological polar surface area (TPSA) is 132 Å². The van der Waals surface area contributed by atoms with Gasteiger partial charge in [-0.1, -0.05) is 42.0 Å². The monoisotopic (exact) mass is 574 g/mol. The summed E-state index contributed by atoms with van der Waals surface area (Å²) in [5.41, 5.74) is 8.93. The molecular formula is C28H29F3N4O4S. The normalized spacial score (nSPS) is 11.5. The van der Waals surface area contributed by atoms with Gasteiger partial charge in [-0.15, -0.1) is 0 Å². The second kappa shape index (κ2) is 12.3. The predicted octanol–water partition coefficient (Wildman–Crippen LogP) is 3.58. The summed E-state index contributed by atoms with van der Waals surface area (Å²) in [7, 11) is -3.99. The molecule has 212 valence electrons. The molecule has 0 bridgehead atoms. The van der Waals surface area contributed by atoms with E-state index in [0.29, 0.717) is 11.3 Å². The third-order valence-electron chi connectivity index (χ3n) is 5.97. The van der Waals surface area contributed by atoms with E-state index in [1.54, 1.807) is 29.8 Å². The fraction of sp³-hybridized carbons (Fsp3) is 0.214. The molecular weight excluding hydrogens is 545 g/mol. The Labute approximate surface area is 230 Å². The minimum absolute atomic E-state index is 0.104. The average Bonchev–Trinajstić information content (AvgIpc) is 3.18. The van der Waals surface area contributed by atoms with Crippen molar-refractivity contribution in [2.75, 3.05) is 6.54 Å². The van der Waals surface area contributed by atoms with Crippen LogP contribution < -0.4 is 15.6 Å². The lowest BCUT2D eigenvalue weighted by molar-refractivity contribution is -0.366. The van der Waals surface area contributed by atoms with E-state index >= 15 is 0 Å². The number of alkyl halides is 3. The second-order valence-electron chi connectivity index (χ2n) is 9.01. The van der Waals surface area contributed by atoms with Gasteiger partial charge in [-0.05, 0) is 68.3 Å². The molecule has 0 aliphatic rings. The Morgan fingerprint density at radius 1 is 1.00 bits per heavy atom. The van der Waals surface area contributed by atoms with Crippen molar-refractivity contribution >= 4 is 16.1 Å². The van der Waals surface area contributed by atoms with Crippen molar-refractivity contribution < 1.29 is 37.2 Å². The molecule has 0 spiro atoms. The van der Waals surface area contributed by atoms with E-state index in [4.69, 9.17) is 0 Å². The molecule has 3 aromatic carbocycles. The summed E-state index contributed by atoms with van der Waals surface area (Å²) in [5.74, 6) is 0. The molecule has 1 amide bonds. The lowest BCUT2D eigenvalue weighted by atomic mass is 10.0. The van der Waals surface area contributed by atoms with Crippen LogP contribution in [0.2, 0.25) is 0 Å². The zero-order valence-corrected chi connectivity index (χ0v) is 22.9. The van der Waals surface area contributed by atoms with Crippen LogP contribution in [0.5, 0.6) is 0 Å². The third-order valence-corrected chi connectivity index (χ3v) is 7.29. The number of rotatable bonds is 6. The van der Waals surface area contributed by atoms with Gasteiger partial charge in [0.05, 0.1) is 28.4 Å². The Bertz CT molecular complexity index is 1580. The largest absolute Gasteiger partial charge is 0.529 e. The van der Waals surface area contributed by atoms with E-state index in [2.05, 4.69) is 10.8 Å². The summed E-state index contributed by atoms with van der Waals surface area (Å²) in [4.78, 5) is 9.95. The van der Waals surface area contributed by atoms with E-state index in [-0.39, 0.29) is 4.90 Å². The Hall–Kier alpha value is -4.16. The highest BCUT2D eigenvalue weighted by Crippen LogP contribution is 2.34. The number of aromatic nitrogens is 2. The van der Waals surface area contributed by atoms with Gasteiger partial charge < -0.3 is 15.6 Å². The van der Waals surface area contributed by atoms with Crippen molar-refractivity contribution in [2.45, 2.75) is 38.3 Å². The Morgan fingerprint density at radius 2 is 1.62 bits per heavy atom. The van der Waals surface area contributed by atoms with Crippen molar-refractivity contribution in [2.24, 2.45) is 0 Å². The quantitative estimate of drug-likeness (QED) is 0.364. The first-order chi connectivity index (χ1) is 18.7. The van der Waals surface area contributed by atoms with Gasteiger partial charge in [0.1, 0.15) is 6.09 Å². The number of carbonyl (C=O) groups is 1. The van der Waals surface area contributed by atoms with Crippen molar-refractivity contribution in [3.8, 4) is 16.8 Å². The summed E-state index contributed by atoms with van der Waals surface area (Å²) < 4.78 is 64.6. The number of carboxylic acid groups (broad SMARTS) is 1. The first-order valence-corrected chi connectivity index (χ1v) is 13.6. The Balaban J connectivity index is 0.000000267. The van der Waals surface area contributed by atoms with E-state index in [1.807, 2.05) is 38.1 Å². The average molecular weight is 575 g/mol. The molecule has 12 heteroatoms. The van der Waals surface area contributed by atoms with Gasteiger partial charge in [0.25, 0.3) is 10.0 Å². The summed E-state index contributed by atoms with van der Waals surface area (Å²) >= 11 is 0. The molecule has 0 saturated carbocycles. The van der Waals surface area contributed by atoms with Gasteiger partial charge in [0, 0.05) is 17.7 Å². The first-order valence-electron chi connectivity index (χ1n) is 12.2. The minimum atomic E-state index is -4.36. The molecule has 0 atom stereocenters. The van der Waals surface area contributed by atoms with Gasteiger partial charge in [0.15, 0.2) is 0 Å². The van der Waals surface area contributed by atoms with Crippen LogP contribution in [-0.2, 0) is 22.6 Å². The van der Waals surface area contributed by atoms with Gasteiger partial charge in [-0.3, -0.25) is 4.72 Å². The number of nitrogens with zero attached hydrogens (tertiary/aromatic N) is 2. The number of benzene rings is 3. The van der Waals surface area contributed by atoms with E-state index in [9.17, 15) is 31.5 Å². The van der Waals surface area contributed by atoms with Crippen LogP contribution in [-0.4, -0.2) is 30.8 Å². The highest BCUT2D eigenvalue weighted by atomic mass is 32.2. The number of halogens is 3. The lowest BCUT2D eigenvalue weighted by Crippen LogP contribution is -2.51. The predicted molar refractivity (Wildman–Crippen MR) is 142 cm³/mol. The molecule has 4 aromatic rings. The molecule has 0 fully saturated rings. The van der Waals surface area contributed by atoms with Gasteiger partial charge in [-0.2, -0.15) is 18.3 Å². The highest BCUT2D eigenvalue weighted by Gasteiger charge is 2.31. The molecule has 0 radical (unpaired) electrons. The first kappa shape index (κ1) is 30.4. The summed E-state index contributed by atoms with van der Waals surface area (Å²) in [6.45, 7) is 6.32. The highest BCUT2D eigenvalue weighted by molar-refractivity contribution is 7.90. The zero-order chi connectivity index (χ0) is 29.7. The van der Waals surface area contributed by atoms with Crippen LogP contribution in [0.1, 0.15) is 28.1 Å². The number of aryl methyl sites for hydroxylation is 2. The molecule has 1 heterocycles. The van der Waals surface area contributed by atoms with Gasteiger partial charge in [0.2, 0.25) is 0 Å². The Morgan fingerprint density at radius 3 is 2.17 bits per heavy atom. The minimum Gasteiger partial charge on any atom is -0.529 e. The molecule has 0 aliphatic heterocycles. The number of sulfonamides is 1. The number of hydrogen-bond donors (Lipinski definition) is 2. The second-order valence-corrected chi connectivity index (χ2v) is 10.7. The molecule has 0 saturated heterocycles. The van der Waals surface area contributed by atoms with Crippen LogP contribution in [0.25, 0.3) is 16.8 Å². The van der Waals surface area contributed by atoms with Gasteiger partial charge in [-0.25, -0.2) is 13.1 Å². The SMILES string of the molecule is Cc1ccc(S(=O)(=O)NC(=O)[O-])cc1.Cc1nn(-c2ccc(CC[NH3+])cc2)c(C)c1-c1cccc(C(F)(F)F)c1. The fourth-order valence-electron chi connectivity index (χ4n) is 4.06. The van der Waals surface area contributed by atoms with Crippen molar-refractivity contribution in [3.63, 3.8) is 0 Å². The van der Waals surface area contributed by atoms with E-state index in [1.165, 1.54) is 34.6 Å². The molecule has 4 rings (SSSR count). The van der Waals surface area contributed by atoms with Crippen LogP contribution in [0, 0.1) is 20.8 Å². The van der Waals surface area contributed by atoms with Crippen molar-refractivity contribution in [3.05, 3.63) is 101 Å². The van der Waals surface area contributed by atoms with Crippen molar-refractivity contribution in [1.82, 2.24) is 14.5 Å². The number of quaternary nitrogens is 1. The maximum Gasteiger partial charge on any atom is 0.416 e. The van der Waals surface area contributed by atoms with Crippen LogP contribution in [0.15, 0.2) is 77.7 Å². The molecule has 4 N–H and O–H groups in total. The summed E-state index contributed by atoms with van der Waals surface area (Å²) in [6.07, 6.45) is -5.30. The number of amides is 1.